The number of rotatable bonds is 1. The van der Waals surface area contributed by atoms with Gasteiger partial charge in [-0.3, -0.25) is 5.32 Å². The molecule has 0 atom stereocenters. The van der Waals surface area contributed by atoms with Crippen LogP contribution in [-0.4, -0.2) is 18.1 Å². The number of carbonyl (C=O) groups is 1. The normalized spacial score (nSPS) is 8.62. The molecule has 1 rings (SSSR count). The molecule has 66 valence electrons. The molecule has 0 aliphatic rings. The molecule has 1 aromatic rings. The molecule has 0 unspecified atom stereocenters. The average molecular weight is 176 g/mol. The summed E-state index contributed by atoms with van der Waals surface area (Å²) in [5, 5.41) is 13.4. The second-order valence-corrected chi connectivity index (χ2v) is 2.25. The molecule has 0 bridgehead atoms. The van der Waals surface area contributed by atoms with Crippen LogP contribution in [0.4, 0.5) is 10.6 Å². The zero-order valence-corrected chi connectivity index (χ0v) is 7.03. The van der Waals surface area contributed by atoms with Crippen molar-refractivity contribution in [3.05, 3.63) is 23.9 Å². The molecule has 0 radical (unpaired) electrons. The second kappa shape index (κ2) is 4.07. The van der Waals surface area contributed by atoms with Crippen LogP contribution in [0.2, 0.25) is 0 Å². The summed E-state index contributed by atoms with van der Waals surface area (Å²) in [6.45, 7) is 0. The predicted molar refractivity (Wildman–Crippen MR) is 47.0 cm³/mol. The van der Waals surface area contributed by atoms with E-state index in [2.05, 4.69) is 15.6 Å². The molecule has 0 fully saturated rings. The van der Waals surface area contributed by atoms with E-state index in [0.29, 0.717) is 11.4 Å². The van der Waals surface area contributed by atoms with E-state index in [-0.39, 0.29) is 6.03 Å². The first-order valence-electron chi connectivity index (χ1n) is 3.61. The monoisotopic (exact) mass is 176 g/mol. The molecule has 0 aliphatic heterocycles. The Bertz CT molecular complexity index is 355. The Balaban J connectivity index is 2.79. The molecule has 0 spiro atoms. The van der Waals surface area contributed by atoms with Gasteiger partial charge in [-0.05, 0) is 12.1 Å². The third-order valence-corrected chi connectivity index (χ3v) is 1.36. The van der Waals surface area contributed by atoms with E-state index in [1.54, 1.807) is 6.07 Å². The van der Waals surface area contributed by atoms with Crippen molar-refractivity contribution in [2.45, 2.75) is 0 Å². The topological polar surface area (TPSA) is 77.8 Å². The zero-order valence-electron chi connectivity index (χ0n) is 7.03. The molecular formula is C8H8N4O. The fraction of sp³-hybridized carbons (Fsp3) is 0.125. The lowest BCUT2D eigenvalue weighted by molar-refractivity contribution is 0.254. The number of nitrogens with one attached hydrogen (secondary N) is 2. The third-order valence-electron chi connectivity index (χ3n) is 1.36. The van der Waals surface area contributed by atoms with Crippen LogP contribution < -0.4 is 10.6 Å². The van der Waals surface area contributed by atoms with Crippen LogP contribution in [0.1, 0.15) is 5.56 Å². The van der Waals surface area contributed by atoms with Crippen molar-refractivity contribution < 1.29 is 4.79 Å². The molecule has 0 aliphatic carbocycles. The van der Waals surface area contributed by atoms with Crippen molar-refractivity contribution in [2.24, 2.45) is 0 Å². The highest BCUT2D eigenvalue weighted by Crippen LogP contribution is 2.04. The Kier molecular flexibility index (Phi) is 2.82. The Labute approximate surface area is 75.4 Å². The van der Waals surface area contributed by atoms with Crippen LogP contribution in [0, 0.1) is 11.3 Å². The number of carbonyl (C=O) groups excluding carboxylic acids is 1. The highest BCUT2D eigenvalue weighted by atomic mass is 16.2. The molecular weight excluding hydrogens is 168 g/mol. The fourth-order valence-electron chi connectivity index (χ4n) is 0.747. The zero-order chi connectivity index (χ0) is 9.68. The number of nitriles is 1. The van der Waals surface area contributed by atoms with E-state index in [1.165, 1.54) is 19.3 Å². The molecule has 0 saturated heterocycles. The molecule has 5 heteroatoms. The number of pyridine rings is 1. The molecule has 0 saturated carbocycles. The highest BCUT2D eigenvalue weighted by Gasteiger charge is 1.99. The summed E-state index contributed by atoms with van der Waals surface area (Å²) in [4.78, 5) is 14.7. The minimum atomic E-state index is -0.359. The molecule has 1 aromatic heterocycles. The Hall–Kier alpha value is -2.09. The SMILES string of the molecule is CNC(=O)Nc1cc(C#N)ccn1. The third kappa shape index (κ3) is 2.45. The number of anilines is 1. The molecule has 2 amide bonds. The summed E-state index contributed by atoms with van der Waals surface area (Å²) in [6.07, 6.45) is 1.46. The van der Waals surface area contributed by atoms with Crippen molar-refractivity contribution in [1.29, 1.82) is 5.26 Å². The van der Waals surface area contributed by atoms with E-state index in [0.717, 1.165) is 0 Å². The minimum Gasteiger partial charge on any atom is -0.341 e. The predicted octanol–water partition coefficient (Wildman–Crippen LogP) is 0.705. The van der Waals surface area contributed by atoms with Crippen LogP contribution in [0.25, 0.3) is 0 Å². The highest BCUT2D eigenvalue weighted by molar-refractivity contribution is 5.88. The largest absolute Gasteiger partial charge is 0.341 e. The van der Waals surface area contributed by atoms with E-state index >= 15 is 0 Å². The maximum absolute atomic E-state index is 10.8. The van der Waals surface area contributed by atoms with Gasteiger partial charge in [-0.2, -0.15) is 5.26 Å². The van der Waals surface area contributed by atoms with E-state index < -0.39 is 0 Å². The minimum absolute atomic E-state index is 0.359. The van der Waals surface area contributed by atoms with Crippen LogP contribution in [-0.2, 0) is 0 Å². The molecule has 13 heavy (non-hydrogen) atoms. The quantitative estimate of drug-likeness (QED) is 0.661. The lowest BCUT2D eigenvalue weighted by Gasteiger charge is -2.02. The smallest absolute Gasteiger partial charge is 0.320 e. The fourth-order valence-corrected chi connectivity index (χ4v) is 0.747. The van der Waals surface area contributed by atoms with Gasteiger partial charge < -0.3 is 5.32 Å². The van der Waals surface area contributed by atoms with Gasteiger partial charge in [0.25, 0.3) is 0 Å². The molecule has 0 aromatic carbocycles. The second-order valence-electron chi connectivity index (χ2n) is 2.25. The van der Waals surface area contributed by atoms with Crippen molar-refractivity contribution in [2.75, 3.05) is 12.4 Å². The van der Waals surface area contributed by atoms with Crippen LogP contribution in [0.5, 0.6) is 0 Å². The summed E-state index contributed by atoms with van der Waals surface area (Å²) in [6, 6.07) is 4.65. The van der Waals surface area contributed by atoms with Gasteiger partial charge in [0.15, 0.2) is 0 Å². The maximum atomic E-state index is 10.8. The van der Waals surface area contributed by atoms with Gasteiger partial charge >= 0.3 is 6.03 Å². The summed E-state index contributed by atoms with van der Waals surface area (Å²) in [5.41, 5.74) is 0.460. The summed E-state index contributed by atoms with van der Waals surface area (Å²) >= 11 is 0. The first-order chi connectivity index (χ1) is 6.26. The molecule has 1 heterocycles. The number of urea groups is 1. The van der Waals surface area contributed by atoms with Crippen molar-refractivity contribution >= 4 is 11.8 Å². The summed E-state index contributed by atoms with van der Waals surface area (Å²) in [5.74, 6) is 0.360. The van der Waals surface area contributed by atoms with Crippen molar-refractivity contribution in [3.63, 3.8) is 0 Å². The van der Waals surface area contributed by atoms with E-state index in [9.17, 15) is 4.79 Å². The number of nitrogens with zero attached hydrogens (tertiary/aromatic N) is 2. The number of hydrogen-bond donors (Lipinski definition) is 2. The van der Waals surface area contributed by atoms with Gasteiger partial charge in [-0.25, -0.2) is 9.78 Å². The van der Waals surface area contributed by atoms with Crippen molar-refractivity contribution in [1.82, 2.24) is 10.3 Å². The van der Waals surface area contributed by atoms with Gasteiger partial charge in [0.1, 0.15) is 5.82 Å². The molecule has 5 nitrogen and oxygen atoms in total. The van der Waals surface area contributed by atoms with Crippen LogP contribution >= 0.6 is 0 Å². The lowest BCUT2D eigenvalue weighted by atomic mass is 10.3. The Morgan fingerprint density at radius 1 is 1.69 bits per heavy atom. The first-order valence-corrected chi connectivity index (χ1v) is 3.61. The summed E-state index contributed by atoms with van der Waals surface area (Å²) in [7, 11) is 1.50. The lowest BCUT2D eigenvalue weighted by Crippen LogP contribution is -2.24. The number of aromatic nitrogens is 1. The Morgan fingerprint density at radius 2 is 2.46 bits per heavy atom. The standard InChI is InChI=1S/C8H8N4O/c1-10-8(13)12-7-4-6(5-9)2-3-11-7/h2-4H,1H3,(H2,10,11,12,13). The van der Waals surface area contributed by atoms with Crippen LogP contribution in [0.15, 0.2) is 18.3 Å². The van der Waals surface area contributed by atoms with E-state index in [1.807, 2.05) is 6.07 Å². The van der Waals surface area contributed by atoms with E-state index in [4.69, 9.17) is 5.26 Å². The number of hydrogen-bond acceptors (Lipinski definition) is 3. The average Bonchev–Trinajstić information content (AvgIpc) is 2.18. The van der Waals surface area contributed by atoms with Gasteiger partial charge in [0.2, 0.25) is 0 Å². The Morgan fingerprint density at radius 3 is 3.08 bits per heavy atom. The van der Waals surface area contributed by atoms with Gasteiger partial charge in [0.05, 0.1) is 11.6 Å². The van der Waals surface area contributed by atoms with Crippen molar-refractivity contribution in [3.8, 4) is 6.07 Å². The maximum Gasteiger partial charge on any atom is 0.320 e. The van der Waals surface area contributed by atoms with Gasteiger partial charge in [-0.15, -0.1) is 0 Å². The number of amides is 2. The molecule has 2 N–H and O–H groups in total. The first kappa shape index (κ1) is 9.00. The van der Waals surface area contributed by atoms with Gasteiger partial charge in [0, 0.05) is 13.2 Å². The van der Waals surface area contributed by atoms with Gasteiger partial charge in [-0.1, -0.05) is 0 Å². The summed E-state index contributed by atoms with van der Waals surface area (Å²) < 4.78 is 0. The van der Waals surface area contributed by atoms with Crippen LogP contribution in [0.3, 0.4) is 0 Å².